The van der Waals surface area contributed by atoms with E-state index in [0.29, 0.717) is 44.6 Å². The summed E-state index contributed by atoms with van der Waals surface area (Å²) in [6.45, 7) is 1.94. The Hall–Kier alpha value is -4.16. The van der Waals surface area contributed by atoms with Crippen molar-refractivity contribution in [1.82, 2.24) is 19.2 Å². The van der Waals surface area contributed by atoms with Gasteiger partial charge in [0.05, 0.1) is 35.3 Å². The van der Waals surface area contributed by atoms with E-state index in [1.54, 1.807) is 19.2 Å². The second-order valence-corrected chi connectivity index (χ2v) is 8.60. The molecule has 5 aromatic rings. The number of rotatable bonds is 5. The lowest BCUT2D eigenvalue weighted by atomic mass is 10.1. The molecule has 0 aliphatic rings. The number of ether oxygens (including phenoxy) is 1. The van der Waals surface area contributed by atoms with Gasteiger partial charge in [0.15, 0.2) is 5.16 Å². The van der Waals surface area contributed by atoms with Crippen molar-refractivity contribution in [2.75, 3.05) is 7.11 Å². The van der Waals surface area contributed by atoms with Crippen LogP contribution in [0.1, 0.15) is 16.7 Å². The molecule has 0 saturated heterocycles. The Morgan fingerprint density at radius 2 is 1.94 bits per heavy atom. The summed E-state index contributed by atoms with van der Waals surface area (Å²) in [6.07, 6.45) is 0. The molecule has 3 aromatic carbocycles. The minimum absolute atomic E-state index is 0.235. The molecule has 0 fully saturated rings. The van der Waals surface area contributed by atoms with E-state index in [1.165, 1.54) is 28.5 Å². The monoisotopic (exact) mass is 471 g/mol. The molecule has 0 N–H and O–H groups in total. The van der Waals surface area contributed by atoms with Gasteiger partial charge in [-0.1, -0.05) is 36.0 Å². The zero-order valence-electron chi connectivity index (χ0n) is 18.3. The number of halogens is 1. The van der Waals surface area contributed by atoms with E-state index in [1.807, 2.05) is 53.8 Å². The van der Waals surface area contributed by atoms with Gasteiger partial charge in [-0.3, -0.25) is 9.20 Å². The van der Waals surface area contributed by atoms with E-state index < -0.39 is 5.82 Å². The first-order chi connectivity index (χ1) is 16.5. The van der Waals surface area contributed by atoms with E-state index in [4.69, 9.17) is 4.74 Å². The average Bonchev–Trinajstić information content (AvgIpc) is 3.27. The van der Waals surface area contributed by atoms with Gasteiger partial charge in [0.25, 0.3) is 5.56 Å². The molecule has 0 aliphatic heterocycles. The topological polar surface area (TPSA) is 85.2 Å². The van der Waals surface area contributed by atoms with Gasteiger partial charge >= 0.3 is 0 Å². The molecule has 2 heterocycles. The highest BCUT2D eigenvalue weighted by atomic mass is 32.2. The van der Waals surface area contributed by atoms with Crippen LogP contribution in [0.15, 0.2) is 70.6 Å². The van der Waals surface area contributed by atoms with Crippen molar-refractivity contribution < 1.29 is 9.13 Å². The van der Waals surface area contributed by atoms with Gasteiger partial charge in [0.1, 0.15) is 11.6 Å². The largest absolute Gasteiger partial charge is 0.495 e. The van der Waals surface area contributed by atoms with Crippen LogP contribution in [0.2, 0.25) is 0 Å². The summed E-state index contributed by atoms with van der Waals surface area (Å²) in [5.74, 6) is 0.799. The minimum Gasteiger partial charge on any atom is -0.495 e. The van der Waals surface area contributed by atoms with Crippen LogP contribution in [-0.4, -0.2) is 26.3 Å². The highest BCUT2D eigenvalue weighted by molar-refractivity contribution is 7.98. The molecule has 0 saturated carbocycles. The predicted octanol–water partition coefficient (Wildman–Crippen LogP) is 4.65. The number of aryl methyl sites for hydroxylation is 1. The Labute approximate surface area is 198 Å². The molecule has 9 heteroatoms. The number of hydrogen-bond donors (Lipinski definition) is 0. The molecule has 34 heavy (non-hydrogen) atoms. The molecule has 168 valence electrons. The Bertz CT molecular complexity index is 1670. The fourth-order valence-electron chi connectivity index (χ4n) is 3.88. The van der Waals surface area contributed by atoms with Crippen LogP contribution in [0, 0.1) is 24.1 Å². The van der Waals surface area contributed by atoms with Crippen molar-refractivity contribution in [2.24, 2.45) is 0 Å². The lowest BCUT2D eigenvalue weighted by Gasteiger charge is -2.14. The number of hydrogen-bond acceptors (Lipinski definition) is 6. The summed E-state index contributed by atoms with van der Waals surface area (Å²) in [5, 5.41) is 19.1. The van der Waals surface area contributed by atoms with E-state index in [9.17, 15) is 14.4 Å². The quantitative estimate of drug-likeness (QED) is 0.347. The van der Waals surface area contributed by atoms with Gasteiger partial charge in [-0.05, 0) is 54.4 Å². The number of para-hydroxylation sites is 1. The summed E-state index contributed by atoms with van der Waals surface area (Å²) in [4.78, 5) is 13.6. The minimum atomic E-state index is -0.458. The molecule has 0 atom stereocenters. The van der Waals surface area contributed by atoms with E-state index in [-0.39, 0.29) is 11.1 Å². The fraction of sp³-hybridized carbons (Fsp3) is 0.120. The number of nitriles is 1. The second-order valence-electron chi connectivity index (χ2n) is 7.65. The van der Waals surface area contributed by atoms with Gasteiger partial charge in [0.2, 0.25) is 5.78 Å². The summed E-state index contributed by atoms with van der Waals surface area (Å²) in [6, 6.07) is 19.0. The van der Waals surface area contributed by atoms with Gasteiger partial charge < -0.3 is 4.74 Å². The summed E-state index contributed by atoms with van der Waals surface area (Å²) in [5.41, 5.74) is 2.91. The maximum absolute atomic E-state index is 13.6. The number of nitrogens with zero attached hydrogens (tertiary/aromatic N) is 5. The molecule has 0 radical (unpaired) electrons. The SMILES string of the molecule is COc1ccc(C)cc1-n1c(=O)c2ccccc2n2c(SCc3ccc(F)cc3C#N)nnc12. The first-order valence-electron chi connectivity index (χ1n) is 10.4. The maximum Gasteiger partial charge on any atom is 0.267 e. The number of methoxy groups -OCH3 is 1. The molecular weight excluding hydrogens is 453 g/mol. The van der Waals surface area contributed by atoms with Crippen LogP contribution >= 0.6 is 11.8 Å². The maximum atomic E-state index is 13.6. The molecule has 0 unspecified atom stereocenters. The average molecular weight is 472 g/mol. The smallest absolute Gasteiger partial charge is 0.267 e. The highest BCUT2D eigenvalue weighted by Gasteiger charge is 2.20. The van der Waals surface area contributed by atoms with E-state index in [2.05, 4.69) is 10.2 Å². The van der Waals surface area contributed by atoms with Crippen molar-refractivity contribution in [3.8, 4) is 17.5 Å². The van der Waals surface area contributed by atoms with Gasteiger partial charge in [0, 0.05) is 5.75 Å². The van der Waals surface area contributed by atoms with Crippen molar-refractivity contribution in [3.63, 3.8) is 0 Å². The number of fused-ring (bicyclic) bond motifs is 3. The molecule has 0 aliphatic carbocycles. The molecule has 0 bridgehead atoms. The molecule has 7 nitrogen and oxygen atoms in total. The summed E-state index contributed by atoms with van der Waals surface area (Å²) in [7, 11) is 1.55. The van der Waals surface area contributed by atoms with Crippen LogP contribution in [0.3, 0.4) is 0 Å². The summed E-state index contributed by atoms with van der Waals surface area (Å²) < 4.78 is 22.4. The number of thioether (sulfide) groups is 1. The third-order valence-electron chi connectivity index (χ3n) is 5.52. The molecular formula is C25H18FN5O2S. The molecule has 0 spiro atoms. The second kappa shape index (κ2) is 8.65. The first kappa shape index (κ1) is 21.7. The lowest BCUT2D eigenvalue weighted by Crippen LogP contribution is -2.22. The standard InChI is InChI=1S/C25H18FN5O2S/c1-15-7-10-22(33-2)21(11-15)30-23(32)19-5-3-4-6-20(19)31-24(30)28-29-25(31)34-14-16-8-9-18(26)12-17(16)13-27/h3-12H,14H2,1-2H3. The first-order valence-corrected chi connectivity index (χ1v) is 11.4. The van der Waals surface area contributed by atoms with Crippen LogP contribution in [0.4, 0.5) is 4.39 Å². The van der Waals surface area contributed by atoms with Crippen molar-refractivity contribution in [3.05, 3.63) is 93.5 Å². The Morgan fingerprint density at radius 1 is 1.12 bits per heavy atom. The summed E-state index contributed by atoms with van der Waals surface area (Å²) >= 11 is 1.35. The van der Waals surface area contributed by atoms with Crippen molar-refractivity contribution in [2.45, 2.75) is 17.8 Å². The van der Waals surface area contributed by atoms with Crippen LogP contribution < -0.4 is 10.3 Å². The lowest BCUT2D eigenvalue weighted by molar-refractivity contribution is 0.412. The molecule has 2 aromatic heterocycles. The predicted molar refractivity (Wildman–Crippen MR) is 128 cm³/mol. The van der Waals surface area contributed by atoms with Crippen molar-refractivity contribution >= 4 is 28.4 Å². The van der Waals surface area contributed by atoms with E-state index >= 15 is 0 Å². The molecule has 0 amide bonds. The third kappa shape index (κ3) is 3.58. The highest BCUT2D eigenvalue weighted by Crippen LogP contribution is 2.29. The molecule has 5 rings (SSSR count). The fourth-order valence-corrected chi connectivity index (χ4v) is 4.83. The number of aromatic nitrogens is 4. The number of benzene rings is 3. The van der Waals surface area contributed by atoms with Crippen LogP contribution in [-0.2, 0) is 5.75 Å². The zero-order chi connectivity index (χ0) is 23.8. The van der Waals surface area contributed by atoms with E-state index in [0.717, 1.165) is 5.56 Å². The van der Waals surface area contributed by atoms with Crippen molar-refractivity contribution in [1.29, 1.82) is 5.26 Å². The Morgan fingerprint density at radius 3 is 2.74 bits per heavy atom. The van der Waals surface area contributed by atoms with Gasteiger partial charge in [-0.2, -0.15) is 5.26 Å². The normalized spacial score (nSPS) is 11.1. The van der Waals surface area contributed by atoms with Crippen LogP contribution in [0.5, 0.6) is 5.75 Å². The van der Waals surface area contributed by atoms with Gasteiger partial charge in [-0.15, -0.1) is 10.2 Å². The Kier molecular flexibility index (Phi) is 5.51. The zero-order valence-corrected chi connectivity index (χ0v) is 19.1. The van der Waals surface area contributed by atoms with Crippen LogP contribution in [0.25, 0.3) is 22.4 Å². The Balaban J connectivity index is 1.73. The van der Waals surface area contributed by atoms with Gasteiger partial charge in [-0.25, -0.2) is 8.96 Å². The third-order valence-corrected chi connectivity index (χ3v) is 6.50.